The third-order valence-corrected chi connectivity index (χ3v) is 18.1. The van der Waals surface area contributed by atoms with Crippen LogP contribution in [0.3, 0.4) is 0 Å². The molecule has 0 radical (unpaired) electrons. The molecule has 0 bridgehead atoms. The topological polar surface area (TPSA) is 60.4 Å². The summed E-state index contributed by atoms with van der Waals surface area (Å²) in [4.78, 5) is 0. The fraction of sp³-hybridized carbons (Fsp3) is 0.0270. The molecule has 0 saturated heterocycles. The molecule has 44 heavy (non-hydrogen) atoms. The molecule has 0 aliphatic heterocycles. The van der Waals surface area contributed by atoms with Crippen molar-refractivity contribution in [2.75, 3.05) is 0 Å². The van der Waals surface area contributed by atoms with Gasteiger partial charge in [0.1, 0.15) is 0 Å². The van der Waals surface area contributed by atoms with E-state index < -0.39 is 27.2 Å². The Balaban J connectivity index is 1.73. The lowest BCUT2D eigenvalue weighted by molar-refractivity contribution is 0.346. The van der Waals surface area contributed by atoms with Crippen LogP contribution >= 0.6 is 21.7 Å². The van der Waals surface area contributed by atoms with Crippen LogP contribution in [-0.2, 0) is 18.2 Å². The van der Waals surface area contributed by atoms with Crippen molar-refractivity contribution in [1.82, 2.24) is 0 Å². The second-order valence-corrected chi connectivity index (χ2v) is 18.7. The Kier molecular flexibility index (Phi) is 8.81. The van der Waals surface area contributed by atoms with Crippen molar-refractivity contribution in [3.05, 3.63) is 182 Å². The Morgan fingerprint density at radius 2 is 0.523 bits per heavy atom. The monoisotopic (exact) mass is 632 g/mol. The third-order valence-electron chi connectivity index (χ3n) is 7.62. The molecule has 0 fully saturated rings. The summed E-state index contributed by atoms with van der Waals surface area (Å²) in [6.45, 7) is 0. The average molecular weight is 633 g/mol. The van der Waals surface area contributed by atoms with Crippen molar-refractivity contribution in [3.63, 3.8) is 0 Å². The standard InChI is InChI=1S/C37H31O4P3/c38-42(31-19-7-1-8-20-31,32-21-9-2-10-22-32)37(43(39,33-23-11-3-12-24-33)34-25-13-4-14-26-34)41-44(40,35-27-15-5-16-28-35)36-29-17-6-18-30-36/h1-30,37H. The highest BCUT2D eigenvalue weighted by molar-refractivity contribution is 7.95. The minimum atomic E-state index is -4.00. The van der Waals surface area contributed by atoms with Crippen LogP contribution in [0, 0.1) is 0 Å². The third kappa shape index (κ3) is 5.52. The predicted octanol–water partition coefficient (Wildman–Crippen LogP) is 7.24. The SMILES string of the molecule is O=P(OC(P(=O)(c1ccccc1)c1ccccc1)P(=O)(c1ccccc1)c1ccccc1)(c1ccccc1)c1ccccc1. The van der Waals surface area contributed by atoms with Crippen molar-refractivity contribution in [2.24, 2.45) is 0 Å². The van der Waals surface area contributed by atoms with Gasteiger partial charge in [-0.05, 0) is 24.3 Å². The summed E-state index contributed by atoms with van der Waals surface area (Å²) in [6, 6.07) is 54.0. The zero-order valence-electron chi connectivity index (χ0n) is 23.9. The minimum Gasteiger partial charge on any atom is -0.310 e. The summed E-state index contributed by atoms with van der Waals surface area (Å²) in [7, 11) is -12.0. The highest BCUT2D eigenvalue weighted by Crippen LogP contribution is 2.70. The molecule has 0 spiro atoms. The zero-order chi connectivity index (χ0) is 30.5. The van der Waals surface area contributed by atoms with E-state index in [4.69, 9.17) is 4.52 Å². The van der Waals surface area contributed by atoms with Crippen LogP contribution in [0.15, 0.2) is 182 Å². The Morgan fingerprint density at radius 1 is 0.318 bits per heavy atom. The van der Waals surface area contributed by atoms with Gasteiger partial charge in [0.25, 0.3) is 7.37 Å². The quantitative estimate of drug-likeness (QED) is 0.150. The van der Waals surface area contributed by atoms with Crippen LogP contribution in [0.5, 0.6) is 0 Å². The first-order chi connectivity index (χ1) is 21.5. The molecule has 0 aromatic heterocycles. The second kappa shape index (κ2) is 12.9. The maximum absolute atomic E-state index is 16.2. The first-order valence-electron chi connectivity index (χ1n) is 14.3. The van der Waals surface area contributed by atoms with Crippen molar-refractivity contribution in [2.45, 2.75) is 5.59 Å². The number of benzene rings is 6. The first kappa shape index (κ1) is 30.0. The van der Waals surface area contributed by atoms with Gasteiger partial charge in [0.15, 0.2) is 19.9 Å². The smallest absolute Gasteiger partial charge is 0.262 e. The summed E-state index contributed by atoms with van der Waals surface area (Å²) in [6.07, 6.45) is 0. The van der Waals surface area contributed by atoms with Crippen molar-refractivity contribution in [1.29, 1.82) is 0 Å². The van der Waals surface area contributed by atoms with Crippen LogP contribution < -0.4 is 31.8 Å². The molecule has 218 valence electrons. The molecule has 0 atom stereocenters. The molecule has 0 heterocycles. The molecule has 6 aromatic rings. The van der Waals surface area contributed by atoms with E-state index in [1.54, 1.807) is 97.1 Å². The van der Waals surface area contributed by atoms with Gasteiger partial charge in [0.05, 0.1) is 0 Å². The molecule has 0 aliphatic rings. The molecule has 0 N–H and O–H groups in total. The summed E-state index contributed by atoms with van der Waals surface area (Å²) < 4.78 is 55.0. The lowest BCUT2D eigenvalue weighted by Gasteiger charge is -2.37. The van der Waals surface area contributed by atoms with Gasteiger partial charge in [-0.25, -0.2) is 0 Å². The Hall–Kier alpha value is -4.03. The van der Waals surface area contributed by atoms with E-state index in [2.05, 4.69) is 0 Å². The molecule has 0 unspecified atom stereocenters. The van der Waals surface area contributed by atoms with E-state index in [0.717, 1.165) is 0 Å². The number of hydrogen-bond donors (Lipinski definition) is 0. The zero-order valence-corrected chi connectivity index (χ0v) is 26.6. The molecule has 0 saturated carbocycles. The molecule has 6 rings (SSSR count). The predicted molar refractivity (Wildman–Crippen MR) is 184 cm³/mol. The molecule has 6 aromatic carbocycles. The van der Waals surface area contributed by atoms with E-state index in [1.165, 1.54) is 0 Å². The summed E-state index contributed by atoms with van der Waals surface area (Å²) in [5.74, 6) is 0. The maximum atomic E-state index is 16.2. The average Bonchev–Trinajstić information content (AvgIpc) is 3.12. The number of hydrogen-bond acceptors (Lipinski definition) is 4. The van der Waals surface area contributed by atoms with Gasteiger partial charge in [-0.2, -0.15) is 0 Å². The molecule has 7 heteroatoms. The minimum absolute atomic E-state index is 0.427. The summed E-state index contributed by atoms with van der Waals surface area (Å²) in [5.41, 5.74) is -1.52. The highest BCUT2D eigenvalue weighted by Gasteiger charge is 2.54. The number of rotatable bonds is 10. The van der Waals surface area contributed by atoms with Crippen LogP contribution in [0.4, 0.5) is 0 Å². The van der Waals surface area contributed by atoms with Gasteiger partial charge in [-0.1, -0.05) is 158 Å². The molecular weight excluding hydrogens is 601 g/mol. The first-order valence-corrected chi connectivity index (χ1v) is 19.5. The molecule has 0 amide bonds. The van der Waals surface area contributed by atoms with E-state index in [0.29, 0.717) is 31.8 Å². The van der Waals surface area contributed by atoms with Crippen molar-refractivity contribution >= 4 is 53.5 Å². The Bertz CT molecular complexity index is 1730. The van der Waals surface area contributed by atoms with Gasteiger partial charge < -0.3 is 13.7 Å². The van der Waals surface area contributed by atoms with Gasteiger partial charge in [0.2, 0.25) is 0 Å². The fourth-order valence-electron chi connectivity index (χ4n) is 5.42. The van der Waals surface area contributed by atoms with E-state index in [9.17, 15) is 0 Å². The highest BCUT2D eigenvalue weighted by atomic mass is 31.2. The van der Waals surface area contributed by atoms with Gasteiger partial charge in [0, 0.05) is 31.8 Å². The van der Waals surface area contributed by atoms with E-state index in [-0.39, 0.29) is 0 Å². The lowest BCUT2D eigenvalue weighted by Crippen LogP contribution is -2.36. The largest absolute Gasteiger partial charge is 0.310 e. The van der Waals surface area contributed by atoms with Crippen molar-refractivity contribution in [3.8, 4) is 0 Å². The summed E-state index contributed by atoms with van der Waals surface area (Å²) >= 11 is 0. The van der Waals surface area contributed by atoms with E-state index >= 15 is 13.7 Å². The summed E-state index contributed by atoms with van der Waals surface area (Å²) in [5, 5.41) is 2.73. The normalized spacial score (nSPS) is 12.2. The van der Waals surface area contributed by atoms with Gasteiger partial charge in [-0.15, -0.1) is 0 Å². The molecule has 4 nitrogen and oxygen atoms in total. The van der Waals surface area contributed by atoms with Crippen LogP contribution in [0.1, 0.15) is 0 Å². The second-order valence-electron chi connectivity index (χ2n) is 10.3. The van der Waals surface area contributed by atoms with Gasteiger partial charge in [-0.3, -0.25) is 4.57 Å². The Morgan fingerprint density at radius 3 is 0.750 bits per heavy atom. The molecular formula is C37H31O4P3. The van der Waals surface area contributed by atoms with Gasteiger partial charge >= 0.3 is 0 Å². The molecule has 0 aliphatic carbocycles. The van der Waals surface area contributed by atoms with E-state index in [1.807, 2.05) is 84.9 Å². The van der Waals surface area contributed by atoms with Crippen LogP contribution in [0.2, 0.25) is 0 Å². The van der Waals surface area contributed by atoms with Crippen molar-refractivity contribution < 1.29 is 18.2 Å². The fourth-order valence-corrected chi connectivity index (χ4v) is 16.7. The Labute approximate surface area is 258 Å². The van der Waals surface area contributed by atoms with Crippen LogP contribution in [0.25, 0.3) is 0 Å². The van der Waals surface area contributed by atoms with Crippen LogP contribution in [-0.4, -0.2) is 5.59 Å². The lowest BCUT2D eigenvalue weighted by atomic mass is 10.4. The maximum Gasteiger partial charge on any atom is 0.262 e.